The molecular formula is C26H29N3O2S. The van der Waals surface area contributed by atoms with Gasteiger partial charge in [-0.25, -0.2) is 0 Å². The molecular weight excluding hydrogens is 418 g/mol. The number of benzene rings is 1. The first kappa shape index (κ1) is 22.2. The maximum absolute atomic E-state index is 13.3. The number of rotatable bonds is 6. The van der Waals surface area contributed by atoms with Crippen molar-refractivity contribution in [3.05, 3.63) is 76.2 Å². The molecule has 32 heavy (non-hydrogen) atoms. The Morgan fingerprint density at radius 3 is 2.56 bits per heavy atom. The van der Waals surface area contributed by atoms with Gasteiger partial charge in [0.2, 0.25) is 5.91 Å². The van der Waals surface area contributed by atoms with Crippen molar-refractivity contribution in [3.63, 3.8) is 0 Å². The fourth-order valence-corrected chi connectivity index (χ4v) is 5.07. The summed E-state index contributed by atoms with van der Waals surface area (Å²) in [6, 6.07) is 16.2. The van der Waals surface area contributed by atoms with Crippen LogP contribution in [-0.2, 0) is 11.2 Å². The second-order valence-corrected chi connectivity index (χ2v) is 9.61. The van der Waals surface area contributed by atoms with E-state index in [4.69, 9.17) is 0 Å². The molecule has 166 valence electrons. The van der Waals surface area contributed by atoms with E-state index in [1.807, 2.05) is 47.2 Å². The van der Waals surface area contributed by atoms with E-state index in [1.54, 1.807) is 6.20 Å². The monoisotopic (exact) mass is 447 g/mol. The summed E-state index contributed by atoms with van der Waals surface area (Å²) in [6.45, 7) is 6.46. The lowest BCUT2D eigenvalue weighted by atomic mass is 9.96. The Hall–Kier alpha value is -2.99. The van der Waals surface area contributed by atoms with Crippen LogP contribution in [0.4, 0.5) is 0 Å². The Kier molecular flexibility index (Phi) is 7.00. The van der Waals surface area contributed by atoms with Gasteiger partial charge >= 0.3 is 0 Å². The van der Waals surface area contributed by atoms with E-state index in [0.29, 0.717) is 26.1 Å². The van der Waals surface area contributed by atoms with Crippen LogP contribution < -0.4 is 0 Å². The number of aromatic nitrogens is 1. The van der Waals surface area contributed by atoms with Crippen molar-refractivity contribution in [2.75, 3.05) is 26.2 Å². The summed E-state index contributed by atoms with van der Waals surface area (Å²) >= 11 is 1.52. The third-order valence-corrected chi connectivity index (χ3v) is 6.89. The molecule has 6 heteroatoms. The van der Waals surface area contributed by atoms with Crippen molar-refractivity contribution >= 4 is 23.2 Å². The average Bonchev–Trinajstić information content (AvgIpc) is 3.20. The lowest BCUT2D eigenvalue weighted by Crippen LogP contribution is -2.38. The van der Waals surface area contributed by atoms with Crippen LogP contribution in [0.1, 0.15) is 33.5 Å². The second kappa shape index (κ2) is 10.1. The summed E-state index contributed by atoms with van der Waals surface area (Å²) in [6.07, 6.45) is 5.15. The third-order valence-electron chi connectivity index (χ3n) is 5.90. The van der Waals surface area contributed by atoms with Crippen molar-refractivity contribution in [1.29, 1.82) is 0 Å². The maximum Gasteiger partial charge on any atom is 0.264 e. The van der Waals surface area contributed by atoms with Gasteiger partial charge in [0.05, 0.1) is 10.8 Å². The number of hydrogen-bond acceptors (Lipinski definition) is 4. The van der Waals surface area contributed by atoms with Gasteiger partial charge in [-0.3, -0.25) is 14.6 Å². The van der Waals surface area contributed by atoms with Crippen molar-refractivity contribution in [2.24, 2.45) is 5.92 Å². The molecule has 3 heterocycles. The van der Waals surface area contributed by atoms with E-state index in [0.717, 1.165) is 39.4 Å². The van der Waals surface area contributed by atoms with Gasteiger partial charge in [-0.05, 0) is 54.7 Å². The molecule has 1 fully saturated rings. The third kappa shape index (κ3) is 5.07. The van der Waals surface area contributed by atoms with E-state index in [-0.39, 0.29) is 17.7 Å². The van der Waals surface area contributed by atoms with Gasteiger partial charge in [-0.15, -0.1) is 11.3 Å². The zero-order chi connectivity index (χ0) is 22.5. The molecule has 0 bridgehead atoms. The Balaban J connectivity index is 1.53. The van der Waals surface area contributed by atoms with Crippen LogP contribution >= 0.6 is 11.3 Å². The number of pyridine rings is 1. The van der Waals surface area contributed by atoms with Gasteiger partial charge in [-0.1, -0.05) is 37.3 Å². The van der Waals surface area contributed by atoms with Crippen LogP contribution in [0.3, 0.4) is 0 Å². The van der Waals surface area contributed by atoms with E-state index in [1.165, 1.54) is 11.3 Å². The average molecular weight is 448 g/mol. The molecule has 0 aliphatic carbocycles. The molecule has 1 atom stereocenters. The fraction of sp³-hybridized carbons (Fsp3) is 0.346. The Morgan fingerprint density at radius 2 is 1.91 bits per heavy atom. The summed E-state index contributed by atoms with van der Waals surface area (Å²) in [5.41, 5.74) is 3.28. The number of aryl methyl sites for hydroxylation is 1. The summed E-state index contributed by atoms with van der Waals surface area (Å²) in [7, 11) is 0. The second-order valence-electron chi connectivity index (χ2n) is 8.33. The van der Waals surface area contributed by atoms with Crippen LogP contribution in [0.25, 0.3) is 11.1 Å². The minimum absolute atomic E-state index is 0.0335. The SMILES string of the molecule is CCCN1CCN(C(=O)c2ccc(C)s2)C[C@@H](Cc2ccc(-c3cccnc3)cc2)C1=O. The predicted octanol–water partition coefficient (Wildman–Crippen LogP) is 4.67. The molecule has 0 saturated carbocycles. The van der Waals surface area contributed by atoms with Crippen LogP contribution in [-0.4, -0.2) is 52.8 Å². The summed E-state index contributed by atoms with van der Waals surface area (Å²) in [5, 5.41) is 0. The smallest absolute Gasteiger partial charge is 0.264 e. The number of nitrogens with zero attached hydrogens (tertiary/aromatic N) is 3. The molecule has 1 aromatic carbocycles. The normalized spacial score (nSPS) is 16.8. The number of carbonyl (C=O) groups excluding carboxylic acids is 2. The predicted molar refractivity (Wildman–Crippen MR) is 129 cm³/mol. The highest BCUT2D eigenvalue weighted by molar-refractivity contribution is 7.13. The largest absolute Gasteiger partial charge is 0.341 e. The van der Waals surface area contributed by atoms with E-state index in [2.05, 4.69) is 36.2 Å². The highest BCUT2D eigenvalue weighted by Crippen LogP contribution is 2.24. The first-order valence-corrected chi connectivity index (χ1v) is 12.0. The highest BCUT2D eigenvalue weighted by Gasteiger charge is 2.32. The van der Waals surface area contributed by atoms with Gasteiger partial charge in [0.25, 0.3) is 5.91 Å². The van der Waals surface area contributed by atoms with Crippen molar-refractivity contribution in [2.45, 2.75) is 26.7 Å². The molecule has 1 saturated heterocycles. The summed E-state index contributed by atoms with van der Waals surface area (Å²) in [4.78, 5) is 36.3. The molecule has 0 N–H and O–H groups in total. The lowest BCUT2D eigenvalue weighted by Gasteiger charge is -2.23. The van der Waals surface area contributed by atoms with E-state index < -0.39 is 0 Å². The fourth-order valence-electron chi connectivity index (χ4n) is 4.23. The molecule has 4 rings (SSSR count). The van der Waals surface area contributed by atoms with E-state index in [9.17, 15) is 9.59 Å². The van der Waals surface area contributed by atoms with Crippen molar-refractivity contribution < 1.29 is 9.59 Å². The van der Waals surface area contributed by atoms with E-state index >= 15 is 0 Å². The van der Waals surface area contributed by atoms with Crippen molar-refractivity contribution in [1.82, 2.24) is 14.8 Å². The number of thiophene rings is 1. The Labute approximate surface area is 193 Å². The molecule has 2 aromatic heterocycles. The Bertz CT molecular complexity index is 1060. The Morgan fingerprint density at radius 1 is 1.09 bits per heavy atom. The summed E-state index contributed by atoms with van der Waals surface area (Å²) in [5.74, 6) is -0.0506. The minimum atomic E-state index is -0.238. The van der Waals surface area contributed by atoms with Gasteiger partial charge in [0.1, 0.15) is 0 Å². The van der Waals surface area contributed by atoms with Crippen LogP contribution in [0, 0.1) is 12.8 Å². The molecule has 3 aromatic rings. The molecule has 5 nitrogen and oxygen atoms in total. The van der Waals surface area contributed by atoms with Crippen molar-refractivity contribution in [3.8, 4) is 11.1 Å². The zero-order valence-electron chi connectivity index (χ0n) is 18.7. The van der Waals surface area contributed by atoms with Gasteiger partial charge in [-0.2, -0.15) is 0 Å². The molecule has 2 amide bonds. The molecule has 0 radical (unpaired) electrons. The maximum atomic E-state index is 13.3. The molecule has 1 aliphatic rings. The standard InChI is InChI=1S/C26H29N3O2S/c1-3-13-28-14-15-29(26(31)24-11-6-19(2)32-24)18-23(25(28)30)16-20-7-9-21(10-8-20)22-5-4-12-27-17-22/h4-12,17,23H,3,13-16,18H2,1-2H3/t23-/m1/s1. The number of amides is 2. The zero-order valence-corrected chi connectivity index (χ0v) is 19.5. The highest BCUT2D eigenvalue weighted by atomic mass is 32.1. The van der Waals surface area contributed by atoms with Gasteiger partial charge in [0.15, 0.2) is 0 Å². The molecule has 1 aliphatic heterocycles. The van der Waals surface area contributed by atoms with Crippen LogP contribution in [0.5, 0.6) is 0 Å². The first-order valence-electron chi connectivity index (χ1n) is 11.2. The van der Waals surface area contributed by atoms with Gasteiger partial charge in [0, 0.05) is 43.4 Å². The first-order chi connectivity index (χ1) is 15.5. The minimum Gasteiger partial charge on any atom is -0.341 e. The quantitative estimate of drug-likeness (QED) is 0.552. The topological polar surface area (TPSA) is 53.5 Å². The van der Waals surface area contributed by atoms with Crippen LogP contribution in [0.15, 0.2) is 60.9 Å². The molecule has 0 spiro atoms. The number of carbonyl (C=O) groups is 2. The molecule has 0 unspecified atom stereocenters. The summed E-state index contributed by atoms with van der Waals surface area (Å²) < 4.78 is 0. The van der Waals surface area contributed by atoms with Crippen LogP contribution in [0.2, 0.25) is 0 Å². The number of hydrogen-bond donors (Lipinski definition) is 0. The lowest BCUT2D eigenvalue weighted by molar-refractivity contribution is -0.134. The van der Waals surface area contributed by atoms with Gasteiger partial charge < -0.3 is 9.80 Å².